The van der Waals surface area contributed by atoms with Gasteiger partial charge >= 0.3 is 0 Å². The van der Waals surface area contributed by atoms with Crippen LogP contribution in [0.25, 0.3) is 11.5 Å². The molecule has 2 rings (SSSR count). The van der Waals surface area contributed by atoms with Gasteiger partial charge < -0.3 is 9.88 Å². The van der Waals surface area contributed by atoms with Gasteiger partial charge in [-0.25, -0.2) is 15.0 Å². The number of hydrogen-bond acceptors (Lipinski definition) is 4. The third kappa shape index (κ3) is 3.17. The molecule has 0 radical (unpaired) electrons. The second-order valence-corrected chi connectivity index (χ2v) is 5.97. The molecule has 108 valence electrons. The van der Waals surface area contributed by atoms with E-state index in [1.165, 1.54) is 0 Å². The predicted octanol–water partition coefficient (Wildman–Crippen LogP) is 3.27. The maximum absolute atomic E-state index is 4.70. The highest BCUT2D eigenvalue weighted by atomic mass is 79.9. The fourth-order valence-corrected chi connectivity index (χ4v) is 2.47. The number of aromatic nitrogens is 4. The molecule has 0 bridgehead atoms. The molecule has 0 aliphatic rings. The highest BCUT2D eigenvalue weighted by molar-refractivity contribution is 9.10. The summed E-state index contributed by atoms with van der Waals surface area (Å²) in [6.45, 7) is 7.25. The summed E-state index contributed by atoms with van der Waals surface area (Å²) in [4.78, 5) is 13.4. The van der Waals surface area contributed by atoms with Crippen LogP contribution in [-0.2, 0) is 13.5 Å². The molecule has 0 aliphatic heterocycles. The van der Waals surface area contributed by atoms with Crippen molar-refractivity contribution < 1.29 is 0 Å². The Labute approximate surface area is 128 Å². The third-order valence-corrected chi connectivity index (χ3v) is 3.74. The van der Waals surface area contributed by atoms with Gasteiger partial charge in [0, 0.05) is 13.6 Å². The molecule has 2 aromatic rings. The van der Waals surface area contributed by atoms with Gasteiger partial charge in [-0.15, -0.1) is 0 Å². The van der Waals surface area contributed by atoms with Crippen LogP contribution in [0.4, 0.5) is 5.82 Å². The van der Waals surface area contributed by atoms with E-state index in [0.29, 0.717) is 11.7 Å². The molecule has 0 aromatic carbocycles. The maximum Gasteiger partial charge on any atom is 0.180 e. The molecule has 5 nitrogen and oxygen atoms in total. The van der Waals surface area contributed by atoms with Gasteiger partial charge in [-0.1, -0.05) is 13.8 Å². The molecule has 0 unspecified atom stereocenters. The van der Waals surface area contributed by atoms with Gasteiger partial charge in [-0.2, -0.15) is 0 Å². The average Bonchev–Trinajstić information content (AvgIpc) is 2.80. The van der Waals surface area contributed by atoms with Crippen molar-refractivity contribution in [2.75, 3.05) is 11.9 Å². The smallest absolute Gasteiger partial charge is 0.180 e. The average molecular weight is 338 g/mol. The maximum atomic E-state index is 4.70. The largest absolute Gasteiger partial charge is 0.369 e. The summed E-state index contributed by atoms with van der Waals surface area (Å²) in [5.41, 5.74) is 1.95. The first-order valence-electron chi connectivity index (χ1n) is 6.79. The van der Waals surface area contributed by atoms with E-state index in [1.807, 2.05) is 11.6 Å². The van der Waals surface area contributed by atoms with Gasteiger partial charge in [0.1, 0.15) is 11.5 Å². The zero-order valence-electron chi connectivity index (χ0n) is 12.3. The number of anilines is 1. The van der Waals surface area contributed by atoms with E-state index in [0.717, 1.165) is 34.6 Å². The van der Waals surface area contributed by atoms with Crippen molar-refractivity contribution in [1.29, 1.82) is 0 Å². The molecule has 0 fully saturated rings. The lowest BCUT2D eigenvalue weighted by Crippen LogP contribution is -2.09. The molecule has 1 N–H and O–H groups in total. The van der Waals surface area contributed by atoms with Crippen LogP contribution in [0.2, 0.25) is 0 Å². The Bertz CT molecular complexity index is 591. The van der Waals surface area contributed by atoms with Crippen LogP contribution in [0.5, 0.6) is 0 Å². The first kappa shape index (κ1) is 15.0. The number of aryl methyl sites for hydroxylation is 1. The molecule has 0 aliphatic carbocycles. The number of nitrogens with zero attached hydrogens (tertiary/aromatic N) is 4. The molecule has 0 saturated carbocycles. The molecule has 6 heteroatoms. The number of imidazole rings is 1. The standard InChI is InChI=1S/C14H20BrN5/c1-5-17-14-12(15)10(6-9(2)3)18-13(19-14)11-7-16-8-20(11)4/h7-9H,5-6H2,1-4H3,(H,17,18,19). The fourth-order valence-electron chi connectivity index (χ4n) is 1.99. The molecule has 20 heavy (non-hydrogen) atoms. The molecule has 2 aromatic heterocycles. The lowest BCUT2D eigenvalue weighted by molar-refractivity contribution is 0.632. The van der Waals surface area contributed by atoms with Crippen LogP contribution in [0.15, 0.2) is 17.0 Å². The summed E-state index contributed by atoms with van der Waals surface area (Å²) in [6.07, 6.45) is 4.46. The number of halogens is 1. The van der Waals surface area contributed by atoms with Crippen molar-refractivity contribution in [3.63, 3.8) is 0 Å². The van der Waals surface area contributed by atoms with Crippen LogP contribution in [0.1, 0.15) is 26.5 Å². The predicted molar refractivity (Wildman–Crippen MR) is 84.6 cm³/mol. The topological polar surface area (TPSA) is 55.6 Å². The molecule has 0 amide bonds. The van der Waals surface area contributed by atoms with Gasteiger partial charge in [0.2, 0.25) is 0 Å². The molecular weight excluding hydrogens is 318 g/mol. The minimum atomic E-state index is 0.537. The van der Waals surface area contributed by atoms with Gasteiger partial charge in [0.15, 0.2) is 5.82 Å². The summed E-state index contributed by atoms with van der Waals surface area (Å²) in [6, 6.07) is 0. The molecule has 0 spiro atoms. The Hall–Kier alpha value is -1.43. The van der Waals surface area contributed by atoms with Crippen molar-refractivity contribution in [3.8, 4) is 11.5 Å². The van der Waals surface area contributed by atoms with E-state index >= 15 is 0 Å². The summed E-state index contributed by atoms with van der Waals surface area (Å²) < 4.78 is 2.89. The van der Waals surface area contributed by atoms with E-state index in [9.17, 15) is 0 Å². The highest BCUT2D eigenvalue weighted by Gasteiger charge is 2.15. The van der Waals surface area contributed by atoms with E-state index in [2.05, 4.69) is 52.0 Å². The SMILES string of the molecule is CCNc1nc(-c2cncn2C)nc(CC(C)C)c1Br. The summed E-state index contributed by atoms with van der Waals surface area (Å²) >= 11 is 3.62. The zero-order chi connectivity index (χ0) is 14.7. The monoisotopic (exact) mass is 337 g/mol. The molecule has 2 heterocycles. The number of nitrogens with one attached hydrogen (secondary N) is 1. The zero-order valence-corrected chi connectivity index (χ0v) is 13.9. The number of hydrogen-bond donors (Lipinski definition) is 1. The van der Waals surface area contributed by atoms with Crippen molar-refractivity contribution in [2.45, 2.75) is 27.2 Å². The second kappa shape index (κ2) is 6.35. The lowest BCUT2D eigenvalue weighted by atomic mass is 10.1. The van der Waals surface area contributed by atoms with E-state index in [1.54, 1.807) is 12.5 Å². The van der Waals surface area contributed by atoms with E-state index in [4.69, 9.17) is 4.98 Å². The minimum Gasteiger partial charge on any atom is -0.369 e. The minimum absolute atomic E-state index is 0.537. The Kier molecular flexibility index (Phi) is 4.75. The lowest BCUT2D eigenvalue weighted by Gasteiger charge is -2.13. The van der Waals surface area contributed by atoms with Crippen molar-refractivity contribution in [1.82, 2.24) is 19.5 Å². The first-order valence-corrected chi connectivity index (χ1v) is 7.59. The molecule has 0 saturated heterocycles. The van der Waals surface area contributed by atoms with Crippen LogP contribution in [0, 0.1) is 5.92 Å². The normalized spacial score (nSPS) is 11.1. The van der Waals surface area contributed by atoms with E-state index in [-0.39, 0.29) is 0 Å². The Balaban J connectivity index is 2.52. The van der Waals surface area contributed by atoms with Gasteiger partial charge in [0.25, 0.3) is 0 Å². The van der Waals surface area contributed by atoms with Crippen LogP contribution < -0.4 is 5.32 Å². The Morgan fingerprint density at radius 2 is 2.10 bits per heavy atom. The molecule has 0 atom stereocenters. The quantitative estimate of drug-likeness (QED) is 0.909. The van der Waals surface area contributed by atoms with Crippen LogP contribution in [-0.4, -0.2) is 26.1 Å². The van der Waals surface area contributed by atoms with Crippen molar-refractivity contribution in [3.05, 3.63) is 22.7 Å². The first-order chi connectivity index (χ1) is 9.52. The van der Waals surface area contributed by atoms with Crippen LogP contribution in [0.3, 0.4) is 0 Å². The Morgan fingerprint density at radius 1 is 1.35 bits per heavy atom. The van der Waals surface area contributed by atoms with Crippen molar-refractivity contribution in [2.24, 2.45) is 13.0 Å². The highest BCUT2D eigenvalue weighted by Crippen LogP contribution is 2.28. The third-order valence-electron chi connectivity index (χ3n) is 2.91. The second-order valence-electron chi connectivity index (χ2n) is 5.17. The summed E-state index contributed by atoms with van der Waals surface area (Å²) in [5, 5.41) is 3.28. The van der Waals surface area contributed by atoms with Gasteiger partial charge in [0.05, 0.1) is 22.7 Å². The van der Waals surface area contributed by atoms with Crippen LogP contribution >= 0.6 is 15.9 Å². The molecular formula is C14H20BrN5. The fraction of sp³-hybridized carbons (Fsp3) is 0.500. The summed E-state index contributed by atoms with van der Waals surface area (Å²) in [5.74, 6) is 2.09. The summed E-state index contributed by atoms with van der Waals surface area (Å²) in [7, 11) is 1.95. The Morgan fingerprint density at radius 3 is 2.65 bits per heavy atom. The van der Waals surface area contributed by atoms with E-state index < -0.39 is 0 Å². The van der Waals surface area contributed by atoms with Gasteiger partial charge in [-0.05, 0) is 35.2 Å². The number of rotatable bonds is 5. The van der Waals surface area contributed by atoms with Crippen molar-refractivity contribution >= 4 is 21.7 Å². The van der Waals surface area contributed by atoms with Gasteiger partial charge in [-0.3, -0.25) is 0 Å².